The fourth-order valence-corrected chi connectivity index (χ4v) is 7.30. The largest absolute Gasteiger partial charge is 0.375 e. The SMILES string of the molecule is CC1=CC2=CC=C(c3ccc(C4=CN=C(C5C[C@H]6CC[C@@H]5[C@@H]6OC(C)C)C4)c(CC(C)C)c3)C2N=C1. The van der Waals surface area contributed by atoms with Gasteiger partial charge in [0.2, 0.25) is 0 Å². The van der Waals surface area contributed by atoms with Crippen molar-refractivity contribution in [2.75, 3.05) is 0 Å². The van der Waals surface area contributed by atoms with E-state index in [2.05, 4.69) is 77.2 Å². The predicted molar refractivity (Wildman–Crippen MR) is 151 cm³/mol. The van der Waals surface area contributed by atoms with Crippen molar-refractivity contribution in [2.24, 2.45) is 33.7 Å². The Kier molecular flexibility index (Phi) is 6.24. The number of rotatable bonds is 7. The maximum Gasteiger partial charge on any atom is 0.100 e. The zero-order chi connectivity index (χ0) is 25.0. The molecule has 3 heteroatoms. The van der Waals surface area contributed by atoms with Crippen LogP contribution in [0, 0.1) is 23.7 Å². The van der Waals surface area contributed by atoms with Gasteiger partial charge in [-0.3, -0.25) is 9.98 Å². The van der Waals surface area contributed by atoms with Gasteiger partial charge in [-0.15, -0.1) is 0 Å². The Labute approximate surface area is 216 Å². The molecule has 0 N–H and O–H groups in total. The second-order valence-corrected chi connectivity index (χ2v) is 12.3. The topological polar surface area (TPSA) is 34.0 Å². The van der Waals surface area contributed by atoms with Crippen molar-refractivity contribution >= 4 is 23.1 Å². The highest BCUT2D eigenvalue weighted by molar-refractivity contribution is 6.00. The molecule has 5 aliphatic rings. The molecule has 2 aliphatic heterocycles. The van der Waals surface area contributed by atoms with Crippen LogP contribution in [0.15, 0.2) is 63.8 Å². The smallest absolute Gasteiger partial charge is 0.100 e. The molecule has 2 unspecified atom stereocenters. The van der Waals surface area contributed by atoms with Gasteiger partial charge in [0.1, 0.15) is 6.04 Å². The number of nitrogens with zero attached hydrogens (tertiary/aromatic N) is 2. The normalized spacial score (nSPS) is 30.5. The van der Waals surface area contributed by atoms with Crippen molar-refractivity contribution in [2.45, 2.75) is 85.0 Å². The molecule has 188 valence electrons. The number of hydrogen-bond donors (Lipinski definition) is 0. The summed E-state index contributed by atoms with van der Waals surface area (Å²) >= 11 is 0. The highest BCUT2D eigenvalue weighted by Gasteiger charge is 2.50. The average Bonchev–Trinajstić information content (AvgIpc) is 3.61. The van der Waals surface area contributed by atoms with Crippen LogP contribution in [0.3, 0.4) is 0 Å². The second-order valence-electron chi connectivity index (χ2n) is 12.3. The van der Waals surface area contributed by atoms with E-state index in [4.69, 9.17) is 14.7 Å². The Balaban J connectivity index is 1.21. The molecule has 3 nitrogen and oxygen atoms in total. The summed E-state index contributed by atoms with van der Waals surface area (Å²) in [6.07, 6.45) is 17.7. The molecule has 1 aromatic carbocycles. The maximum atomic E-state index is 6.37. The monoisotopic (exact) mass is 480 g/mol. The number of hydrogen-bond acceptors (Lipinski definition) is 3. The lowest BCUT2D eigenvalue weighted by molar-refractivity contribution is -0.0191. The number of benzene rings is 1. The number of allylic oxidation sites excluding steroid dienone is 4. The van der Waals surface area contributed by atoms with Crippen molar-refractivity contribution in [1.82, 2.24) is 0 Å². The first-order valence-electron chi connectivity index (χ1n) is 14.1. The van der Waals surface area contributed by atoms with Gasteiger partial charge in [-0.05, 0) is 103 Å². The van der Waals surface area contributed by atoms with Crippen molar-refractivity contribution in [3.05, 3.63) is 70.5 Å². The average molecular weight is 481 g/mol. The van der Waals surface area contributed by atoms with Crippen molar-refractivity contribution in [3.8, 4) is 0 Å². The number of fused-ring (bicyclic) bond motifs is 3. The quantitative estimate of drug-likeness (QED) is 0.395. The zero-order valence-electron chi connectivity index (χ0n) is 22.5. The first kappa shape index (κ1) is 23.9. The van der Waals surface area contributed by atoms with E-state index in [1.807, 2.05) is 6.21 Å². The summed E-state index contributed by atoms with van der Waals surface area (Å²) in [6.45, 7) is 11.1. The van der Waals surface area contributed by atoms with E-state index in [1.54, 1.807) is 0 Å². The first-order valence-corrected chi connectivity index (χ1v) is 14.1. The Hall–Kier alpha value is -2.52. The summed E-state index contributed by atoms with van der Waals surface area (Å²) in [5, 5.41) is 0. The zero-order valence-corrected chi connectivity index (χ0v) is 22.5. The molecule has 2 saturated carbocycles. The second kappa shape index (κ2) is 9.41. The third-order valence-corrected chi connectivity index (χ3v) is 8.75. The van der Waals surface area contributed by atoms with Crippen LogP contribution in [-0.4, -0.2) is 30.2 Å². The molecule has 0 spiro atoms. The first-order chi connectivity index (χ1) is 17.4. The third-order valence-electron chi connectivity index (χ3n) is 8.75. The lowest BCUT2D eigenvalue weighted by atomic mass is 9.82. The third kappa shape index (κ3) is 4.30. The van der Waals surface area contributed by atoms with Crippen LogP contribution in [0.25, 0.3) is 11.1 Å². The minimum absolute atomic E-state index is 0.144. The summed E-state index contributed by atoms with van der Waals surface area (Å²) in [5.74, 6) is 2.59. The highest BCUT2D eigenvalue weighted by Crippen LogP contribution is 2.52. The lowest BCUT2D eigenvalue weighted by Gasteiger charge is -2.24. The van der Waals surface area contributed by atoms with Crippen LogP contribution in [0.1, 0.15) is 77.0 Å². The maximum absolute atomic E-state index is 6.37. The van der Waals surface area contributed by atoms with Crippen molar-refractivity contribution < 1.29 is 4.74 Å². The van der Waals surface area contributed by atoms with E-state index < -0.39 is 0 Å². The van der Waals surface area contributed by atoms with E-state index in [0.717, 1.165) is 18.8 Å². The van der Waals surface area contributed by atoms with Crippen molar-refractivity contribution in [1.29, 1.82) is 0 Å². The van der Waals surface area contributed by atoms with E-state index in [1.165, 1.54) is 64.0 Å². The summed E-state index contributed by atoms with van der Waals surface area (Å²) in [6, 6.07) is 7.24. The Morgan fingerprint density at radius 3 is 2.75 bits per heavy atom. The summed E-state index contributed by atoms with van der Waals surface area (Å²) < 4.78 is 6.37. The number of ether oxygens (including phenoxy) is 1. The Morgan fingerprint density at radius 1 is 1.08 bits per heavy atom. The predicted octanol–water partition coefficient (Wildman–Crippen LogP) is 7.63. The lowest BCUT2D eigenvalue weighted by Crippen LogP contribution is -2.26. The Morgan fingerprint density at radius 2 is 1.94 bits per heavy atom. The van der Waals surface area contributed by atoms with Crippen LogP contribution in [0.4, 0.5) is 0 Å². The van der Waals surface area contributed by atoms with Crippen LogP contribution in [0.2, 0.25) is 0 Å². The summed E-state index contributed by atoms with van der Waals surface area (Å²) in [5.41, 5.74) is 10.8. The standard InChI is InChI=1S/C33H40N2O/c1-19(2)12-25-14-22(28-10-7-23-13-21(5)17-35-32(23)28)6-9-27(25)26-16-31(34-18-26)30-15-24-8-11-29(30)33(24)36-20(3)4/h6-7,9-10,13-14,17-20,24,29-30,32-33H,8,11-12,15-16H2,1-5H3/t24-,29+,30?,32?,33-/m1/s1. The van der Waals surface area contributed by atoms with Gasteiger partial charge in [0, 0.05) is 30.5 Å². The summed E-state index contributed by atoms with van der Waals surface area (Å²) in [4.78, 5) is 9.89. The van der Waals surface area contributed by atoms with E-state index in [0.29, 0.717) is 30.0 Å². The molecule has 2 heterocycles. The molecule has 6 rings (SSSR count). The van der Waals surface area contributed by atoms with Crippen LogP contribution in [-0.2, 0) is 11.2 Å². The van der Waals surface area contributed by atoms with Crippen molar-refractivity contribution in [3.63, 3.8) is 0 Å². The van der Waals surface area contributed by atoms with E-state index in [-0.39, 0.29) is 6.04 Å². The number of aliphatic imine (C=N–C) groups is 2. The van der Waals surface area contributed by atoms with Crippen LogP contribution in [0.5, 0.6) is 0 Å². The molecule has 0 radical (unpaired) electrons. The van der Waals surface area contributed by atoms with Gasteiger partial charge in [0.05, 0.1) is 12.2 Å². The molecule has 36 heavy (non-hydrogen) atoms. The minimum atomic E-state index is 0.144. The fourth-order valence-electron chi connectivity index (χ4n) is 7.30. The molecule has 5 atom stereocenters. The number of dihydropyridines is 1. The molecule has 3 aliphatic carbocycles. The fraction of sp³-hybridized carbons (Fsp3) is 0.515. The summed E-state index contributed by atoms with van der Waals surface area (Å²) in [7, 11) is 0. The molecule has 1 aromatic rings. The van der Waals surface area contributed by atoms with Gasteiger partial charge in [0.15, 0.2) is 0 Å². The molecule has 0 saturated heterocycles. The van der Waals surface area contributed by atoms with E-state index >= 15 is 0 Å². The van der Waals surface area contributed by atoms with Crippen LogP contribution >= 0.6 is 0 Å². The van der Waals surface area contributed by atoms with Gasteiger partial charge in [-0.1, -0.05) is 50.3 Å². The Bertz CT molecular complexity index is 1240. The highest BCUT2D eigenvalue weighted by atomic mass is 16.5. The molecule has 0 amide bonds. The van der Waals surface area contributed by atoms with Gasteiger partial charge in [-0.2, -0.15) is 0 Å². The molecule has 2 fully saturated rings. The van der Waals surface area contributed by atoms with E-state index in [9.17, 15) is 0 Å². The van der Waals surface area contributed by atoms with Gasteiger partial charge < -0.3 is 4.74 Å². The van der Waals surface area contributed by atoms with Crippen LogP contribution < -0.4 is 0 Å². The van der Waals surface area contributed by atoms with Gasteiger partial charge >= 0.3 is 0 Å². The molecular weight excluding hydrogens is 440 g/mol. The van der Waals surface area contributed by atoms with Gasteiger partial charge in [-0.25, -0.2) is 0 Å². The van der Waals surface area contributed by atoms with Gasteiger partial charge in [0.25, 0.3) is 0 Å². The minimum Gasteiger partial charge on any atom is -0.375 e. The molecule has 2 bridgehead atoms. The molecular formula is C33H40N2O. The molecule has 0 aromatic heterocycles.